The van der Waals surface area contributed by atoms with Crippen molar-refractivity contribution in [2.24, 2.45) is 0 Å². The third-order valence-electron chi connectivity index (χ3n) is 1.42. The largest absolute Gasteiger partial charge is 0.479 e. The number of carboxylic acids is 1. The van der Waals surface area contributed by atoms with Gasteiger partial charge in [-0.15, -0.1) is 0 Å². The van der Waals surface area contributed by atoms with Crippen LogP contribution in [0.5, 0.6) is 0 Å². The van der Waals surface area contributed by atoms with Crippen molar-refractivity contribution in [3.05, 3.63) is 35.9 Å². The summed E-state index contributed by atoms with van der Waals surface area (Å²) >= 11 is 1.59. The number of carbonyl (C=O) groups is 1. The summed E-state index contributed by atoms with van der Waals surface area (Å²) in [6, 6.07) is 8.83. The van der Waals surface area contributed by atoms with Crippen LogP contribution in [0.15, 0.2) is 30.3 Å². The van der Waals surface area contributed by atoms with E-state index in [9.17, 15) is 4.79 Å². The minimum absolute atomic E-state index is 0.652. The molecule has 0 aliphatic heterocycles. The topological polar surface area (TPSA) is 46.5 Å². The summed E-state index contributed by atoms with van der Waals surface area (Å²) in [6.07, 6.45) is -0.869. The first-order chi connectivity index (χ1) is 5.75. The standard InChI is InChI=1S/C8H7IO3/c9-12-7(8(10)11)6-4-2-1-3-5-6/h1-5,7H,(H,10,11). The molecule has 1 aromatic carbocycles. The third-order valence-corrected chi connectivity index (χ3v) is 1.92. The Kier molecular flexibility index (Phi) is 3.48. The van der Waals surface area contributed by atoms with Crippen LogP contribution >= 0.6 is 23.0 Å². The molecular formula is C8H7IO3. The second kappa shape index (κ2) is 4.42. The molecule has 4 heteroatoms. The fourth-order valence-corrected chi connectivity index (χ4v) is 1.37. The maximum atomic E-state index is 10.6. The molecule has 0 fully saturated rings. The van der Waals surface area contributed by atoms with Gasteiger partial charge in [-0.2, -0.15) is 0 Å². The van der Waals surface area contributed by atoms with Crippen LogP contribution in [0.25, 0.3) is 0 Å². The van der Waals surface area contributed by atoms with Crippen molar-refractivity contribution < 1.29 is 13.0 Å². The van der Waals surface area contributed by atoms with E-state index in [0.717, 1.165) is 0 Å². The van der Waals surface area contributed by atoms with E-state index in [1.807, 2.05) is 6.07 Å². The van der Waals surface area contributed by atoms with Crippen LogP contribution in [-0.2, 0) is 7.86 Å². The lowest BCUT2D eigenvalue weighted by Crippen LogP contribution is -2.10. The third kappa shape index (κ3) is 2.18. The Bertz CT molecular complexity index is 260. The highest BCUT2D eigenvalue weighted by Gasteiger charge is 2.18. The van der Waals surface area contributed by atoms with E-state index in [1.165, 1.54) is 0 Å². The Morgan fingerprint density at radius 1 is 1.42 bits per heavy atom. The highest BCUT2D eigenvalue weighted by Crippen LogP contribution is 2.19. The molecule has 0 amide bonds. The Morgan fingerprint density at radius 3 is 2.42 bits per heavy atom. The Morgan fingerprint density at radius 2 is 2.00 bits per heavy atom. The first-order valence-electron chi connectivity index (χ1n) is 3.31. The van der Waals surface area contributed by atoms with Gasteiger partial charge in [0, 0.05) is 0 Å². The van der Waals surface area contributed by atoms with Crippen LogP contribution in [-0.4, -0.2) is 11.1 Å². The van der Waals surface area contributed by atoms with Gasteiger partial charge < -0.3 is 5.11 Å². The maximum Gasteiger partial charge on any atom is 0.338 e. The maximum absolute atomic E-state index is 10.6. The lowest BCUT2D eigenvalue weighted by Gasteiger charge is -2.07. The average molecular weight is 278 g/mol. The number of hydrogen-bond acceptors (Lipinski definition) is 2. The number of benzene rings is 1. The normalized spacial score (nSPS) is 12.4. The van der Waals surface area contributed by atoms with E-state index >= 15 is 0 Å². The number of hydrogen-bond donors (Lipinski definition) is 1. The van der Waals surface area contributed by atoms with Crippen molar-refractivity contribution in [1.29, 1.82) is 0 Å². The Labute approximate surface area is 84.0 Å². The molecule has 1 N–H and O–H groups in total. The van der Waals surface area contributed by atoms with Gasteiger partial charge in [-0.25, -0.2) is 4.79 Å². The fourth-order valence-electron chi connectivity index (χ4n) is 0.860. The minimum Gasteiger partial charge on any atom is -0.479 e. The van der Waals surface area contributed by atoms with Crippen LogP contribution in [0.2, 0.25) is 0 Å². The number of carboxylic acid groups (broad SMARTS) is 1. The average Bonchev–Trinajstić information content (AvgIpc) is 2.07. The zero-order chi connectivity index (χ0) is 8.97. The van der Waals surface area contributed by atoms with Crippen molar-refractivity contribution in [1.82, 2.24) is 0 Å². The van der Waals surface area contributed by atoms with Gasteiger partial charge in [-0.1, -0.05) is 30.3 Å². The highest BCUT2D eigenvalue weighted by molar-refractivity contribution is 14.1. The molecule has 0 spiro atoms. The van der Waals surface area contributed by atoms with Crippen LogP contribution in [0.3, 0.4) is 0 Å². The molecule has 1 unspecified atom stereocenters. The summed E-state index contributed by atoms with van der Waals surface area (Å²) in [4.78, 5) is 10.6. The molecule has 1 rings (SSSR count). The van der Waals surface area contributed by atoms with E-state index in [2.05, 4.69) is 0 Å². The fraction of sp³-hybridized carbons (Fsp3) is 0.125. The van der Waals surface area contributed by atoms with Gasteiger partial charge in [0.05, 0.1) is 0 Å². The van der Waals surface area contributed by atoms with Crippen LogP contribution < -0.4 is 0 Å². The quantitative estimate of drug-likeness (QED) is 0.862. The van der Waals surface area contributed by atoms with Crippen molar-refractivity contribution in [2.75, 3.05) is 0 Å². The highest BCUT2D eigenvalue weighted by atomic mass is 127. The molecule has 64 valence electrons. The van der Waals surface area contributed by atoms with Crippen LogP contribution in [0.1, 0.15) is 11.7 Å². The monoisotopic (exact) mass is 278 g/mol. The molecule has 0 aliphatic carbocycles. The molecule has 3 nitrogen and oxygen atoms in total. The van der Waals surface area contributed by atoms with E-state index in [0.29, 0.717) is 5.56 Å². The SMILES string of the molecule is O=C(O)C(OI)c1ccccc1. The van der Waals surface area contributed by atoms with E-state index in [-0.39, 0.29) is 0 Å². The van der Waals surface area contributed by atoms with Gasteiger partial charge in [0.15, 0.2) is 6.10 Å². The van der Waals surface area contributed by atoms with Gasteiger partial charge in [0.2, 0.25) is 0 Å². The van der Waals surface area contributed by atoms with Crippen LogP contribution in [0.4, 0.5) is 0 Å². The molecule has 1 atom stereocenters. The summed E-state index contributed by atoms with van der Waals surface area (Å²) in [5, 5.41) is 8.70. The number of aliphatic carboxylic acids is 1. The molecule has 0 aliphatic rings. The molecule has 0 heterocycles. The second-order valence-corrected chi connectivity index (χ2v) is 2.73. The predicted molar refractivity (Wildman–Crippen MR) is 51.9 cm³/mol. The lowest BCUT2D eigenvalue weighted by atomic mass is 10.1. The molecule has 0 aromatic heterocycles. The lowest BCUT2D eigenvalue weighted by molar-refractivity contribution is -0.143. The van der Waals surface area contributed by atoms with Crippen LogP contribution in [0, 0.1) is 0 Å². The van der Waals surface area contributed by atoms with E-state index in [1.54, 1.807) is 47.3 Å². The molecule has 0 bridgehead atoms. The number of rotatable bonds is 3. The molecule has 0 saturated heterocycles. The van der Waals surface area contributed by atoms with Crippen molar-refractivity contribution >= 4 is 29.0 Å². The molecular weight excluding hydrogens is 271 g/mol. The summed E-state index contributed by atoms with van der Waals surface area (Å²) in [7, 11) is 0. The molecule has 0 saturated carbocycles. The molecule has 0 radical (unpaired) electrons. The summed E-state index contributed by atoms with van der Waals surface area (Å²) < 4.78 is 4.77. The Hall–Kier alpha value is -0.620. The molecule has 1 aromatic rings. The first-order valence-corrected chi connectivity index (χ1v) is 4.19. The first kappa shape index (κ1) is 9.47. The number of halogens is 1. The van der Waals surface area contributed by atoms with Gasteiger partial charge in [0.1, 0.15) is 23.0 Å². The van der Waals surface area contributed by atoms with Crippen molar-refractivity contribution in [3.8, 4) is 0 Å². The summed E-state index contributed by atoms with van der Waals surface area (Å²) in [5.41, 5.74) is 0.652. The molecule has 12 heavy (non-hydrogen) atoms. The van der Waals surface area contributed by atoms with Gasteiger partial charge in [-0.3, -0.25) is 3.07 Å². The van der Waals surface area contributed by atoms with Gasteiger partial charge in [-0.05, 0) is 5.56 Å². The smallest absolute Gasteiger partial charge is 0.338 e. The zero-order valence-electron chi connectivity index (χ0n) is 6.11. The second-order valence-electron chi connectivity index (χ2n) is 2.22. The zero-order valence-corrected chi connectivity index (χ0v) is 8.26. The minimum atomic E-state index is -0.976. The van der Waals surface area contributed by atoms with Gasteiger partial charge in [0.25, 0.3) is 0 Å². The Balaban J connectivity index is 2.88. The summed E-state index contributed by atoms with van der Waals surface area (Å²) in [5.74, 6) is -0.976. The predicted octanol–water partition coefficient (Wildman–Crippen LogP) is 2.18. The van der Waals surface area contributed by atoms with Crippen molar-refractivity contribution in [3.63, 3.8) is 0 Å². The van der Waals surface area contributed by atoms with Crippen molar-refractivity contribution in [2.45, 2.75) is 6.10 Å². The van der Waals surface area contributed by atoms with E-state index in [4.69, 9.17) is 8.17 Å². The van der Waals surface area contributed by atoms with Gasteiger partial charge >= 0.3 is 5.97 Å². The van der Waals surface area contributed by atoms with E-state index < -0.39 is 12.1 Å². The summed E-state index contributed by atoms with van der Waals surface area (Å²) in [6.45, 7) is 0.